The third-order valence-corrected chi connectivity index (χ3v) is 5.50. The molecule has 0 spiro atoms. The molecule has 0 atom stereocenters. The van der Waals surface area contributed by atoms with Crippen LogP contribution in [0.4, 0.5) is 0 Å². The topological polar surface area (TPSA) is 6.48 Å². The van der Waals surface area contributed by atoms with E-state index in [0.29, 0.717) is 0 Å². The van der Waals surface area contributed by atoms with E-state index in [1.54, 1.807) is 11.3 Å². The number of hydrogen-bond acceptors (Lipinski definition) is 4. The van der Waals surface area contributed by atoms with Crippen LogP contribution in [0.15, 0.2) is 28.3 Å². The second-order valence-electron chi connectivity index (χ2n) is 5.43. The molecule has 0 aliphatic carbocycles. The minimum absolute atomic E-state index is 1.12. The van der Waals surface area contributed by atoms with Crippen LogP contribution in [0.3, 0.4) is 0 Å². The van der Waals surface area contributed by atoms with Crippen LogP contribution in [0.2, 0.25) is 0 Å². The fourth-order valence-electron chi connectivity index (χ4n) is 2.75. The summed E-state index contributed by atoms with van der Waals surface area (Å²) in [6.45, 7) is 9.54. The maximum Gasteiger partial charge on any atom is 0.0329 e. The Kier molecular flexibility index (Phi) is 4.89. The first kappa shape index (κ1) is 14.3. The van der Waals surface area contributed by atoms with Crippen molar-refractivity contribution in [3.05, 3.63) is 33.2 Å². The van der Waals surface area contributed by atoms with Crippen molar-refractivity contribution < 1.29 is 0 Å². The number of thiophene rings is 2. The predicted molar refractivity (Wildman–Crippen MR) is 89.6 cm³/mol. The van der Waals surface area contributed by atoms with Crippen LogP contribution in [0.1, 0.15) is 18.2 Å². The molecule has 1 fully saturated rings. The Morgan fingerprint density at radius 1 is 1.05 bits per heavy atom. The zero-order chi connectivity index (χ0) is 13.8. The fourth-order valence-corrected chi connectivity index (χ4v) is 4.35. The smallest absolute Gasteiger partial charge is 0.0329 e. The summed E-state index contributed by atoms with van der Waals surface area (Å²) >= 11 is 3.67. The van der Waals surface area contributed by atoms with E-state index in [2.05, 4.69) is 45.0 Å². The highest BCUT2D eigenvalue weighted by molar-refractivity contribution is 7.10. The van der Waals surface area contributed by atoms with E-state index in [1.807, 2.05) is 11.3 Å². The quantitative estimate of drug-likeness (QED) is 0.823. The number of nitrogens with zero attached hydrogens (tertiary/aromatic N) is 2. The number of rotatable bonds is 5. The molecule has 20 heavy (non-hydrogen) atoms. The van der Waals surface area contributed by atoms with Crippen molar-refractivity contribution in [1.82, 2.24) is 9.80 Å². The molecule has 1 saturated heterocycles. The molecular weight excluding hydrogens is 284 g/mol. The maximum absolute atomic E-state index is 2.59. The molecule has 4 heteroatoms. The van der Waals surface area contributed by atoms with E-state index < -0.39 is 0 Å². The highest BCUT2D eigenvalue weighted by Crippen LogP contribution is 2.28. The zero-order valence-corrected chi connectivity index (χ0v) is 13.7. The molecule has 1 aliphatic heterocycles. The summed E-state index contributed by atoms with van der Waals surface area (Å²) in [5, 5.41) is 6.68. The van der Waals surface area contributed by atoms with Gasteiger partial charge in [-0.15, -0.1) is 11.3 Å². The summed E-state index contributed by atoms with van der Waals surface area (Å²) in [6, 6.07) is 4.57. The number of hydrogen-bond donors (Lipinski definition) is 0. The molecule has 0 N–H and O–H groups in total. The summed E-state index contributed by atoms with van der Waals surface area (Å²) in [5.41, 5.74) is 2.75. The Morgan fingerprint density at radius 2 is 1.85 bits per heavy atom. The SMILES string of the molecule is CCCN1CCN(Cc2cc(-c3ccsc3)cs2)CC1. The van der Waals surface area contributed by atoms with Crippen LogP contribution < -0.4 is 0 Å². The lowest BCUT2D eigenvalue weighted by molar-refractivity contribution is 0.128. The predicted octanol–water partition coefficient (Wildman–Crippen LogP) is 4.00. The van der Waals surface area contributed by atoms with Crippen molar-refractivity contribution in [3.63, 3.8) is 0 Å². The molecule has 0 bridgehead atoms. The lowest BCUT2D eigenvalue weighted by Crippen LogP contribution is -2.45. The summed E-state index contributed by atoms with van der Waals surface area (Å²) < 4.78 is 0. The van der Waals surface area contributed by atoms with Gasteiger partial charge in [-0.25, -0.2) is 0 Å². The van der Waals surface area contributed by atoms with Gasteiger partial charge >= 0.3 is 0 Å². The Bertz CT molecular complexity index is 510. The van der Waals surface area contributed by atoms with E-state index in [0.717, 1.165) is 6.54 Å². The molecule has 0 aromatic carbocycles. The second kappa shape index (κ2) is 6.85. The van der Waals surface area contributed by atoms with Gasteiger partial charge in [-0.3, -0.25) is 4.90 Å². The van der Waals surface area contributed by atoms with Crippen molar-refractivity contribution in [3.8, 4) is 11.1 Å². The molecule has 0 amide bonds. The molecular formula is C16H22N2S2. The van der Waals surface area contributed by atoms with Gasteiger partial charge in [0.15, 0.2) is 0 Å². The van der Waals surface area contributed by atoms with Gasteiger partial charge in [-0.1, -0.05) is 6.92 Å². The molecule has 0 saturated carbocycles. The third kappa shape index (κ3) is 3.50. The van der Waals surface area contributed by atoms with E-state index in [1.165, 1.54) is 55.1 Å². The van der Waals surface area contributed by atoms with Gasteiger partial charge in [0.1, 0.15) is 0 Å². The largest absolute Gasteiger partial charge is 0.301 e. The Labute approximate surface area is 129 Å². The van der Waals surface area contributed by atoms with Crippen LogP contribution in [0.5, 0.6) is 0 Å². The summed E-state index contributed by atoms with van der Waals surface area (Å²) in [6.07, 6.45) is 1.27. The molecule has 3 rings (SSSR count). The maximum atomic E-state index is 2.59. The molecule has 2 aromatic rings. The van der Waals surface area contributed by atoms with Gasteiger partial charge in [0.2, 0.25) is 0 Å². The molecule has 0 unspecified atom stereocenters. The first-order chi connectivity index (χ1) is 9.85. The van der Waals surface area contributed by atoms with Crippen molar-refractivity contribution in [2.24, 2.45) is 0 Å². The van der Waals surface area contributed by atoms with E-state index in [4.69, 9.17) is 0 Å². The fraction of sp³-hybridized carbons (Fsp3) is 0.500. The van der Waals surface area contributed by atoms with Crippen molar-refractivity contribution in [2.75, 3.05) is 32.7 Å². The average molecular weight is 307 g/mol. The summed E-state index contributed by atoms with van der Waals surface area (Å²) in [4.78, 5) is 6.67. The molecule has 0 radical (unpaired) electrons. The Hall–Kier alpha value is -0.680. The van der Waals surface area contributed by atoms with E-state index in [-0.39, 0.29) is 0 Å². The van der Waals surface area contributed by atoms with Crippen molar-refractivity contribution in [2.45, 2.75) is 19.9 Å². The summed E-state index contributed by atoms with van der Waals surface area (Å²) in [7, 11) is 0. The van der Waals surface area contributed by atoms with Gasteiger partial charge in [0.05, 0.1) is 0 Å². The Balaban J connectivity index is 1.54. The third-order valence-electron chi connectivity index (χ3n) is 3.89. The van der Waals surface area contributed by atoms with E-state index >= 15 is 0 Å². The Morgan fingerprint density at radius 3 is 2.55 bits per heavy atom. The molecule has 1 aliphatic rings. The first-order valence-corrected chi connectivity index (χ1v) is 9.22. The minimum atomic E-state index is 1.12. The van der Waals surface area contributed by atoms with Gasteiger partial charge in [0.25, 0.3) is 0 Å². The molecule has 108 valence electrons. The van der Waals surface area contributed by atoms with Crippen molar-refractivity contribution in [1.29, 1.82) is 0 Å². The molecule has 3 heterocycles. The van der Waals surface area contributed by atoms with Crippen LogP contribution in [-0.2, 0) is 6.54 Å². The van der Waals surface area contributed by atoms with Gasteiger partial charge in [-0.2, -0.15) is 11.3 Å². The monoisotopic (exact) mass is 306 g/mol. The molecule has 2 aromatic heterocycles. The average Bonchev–Trinajstić information content (AvgIpc) is 3.12. The summed E-state index contributed by atoms with van der Waals surface area (Å²) in [5.74, 6) is 0. The van der Waals surface area contributed by atoms with Crippen LogP contribution in [0.25, 0.3) is 11.1 Å². The van der Waals surface area contributed by atoms with Crippen LogP contribution >= 0.6 is 22.7 Å². The number of piperazine rings is 1. The van der Waals surface area contributed by atoms with E-state index in [9.17, 15) is 0 Å². The molecule has 2 nitrogen and oxygen atoms in total. The minimum Gasteiger partial charge on any atom is -0.301 e. The van der Waals surface area contributed by atoms with Gasteiger partial charge < -0.3 is 4.90 Å². The van der Waals surface area contributed by atoms with Crippen LogP contribution in [-0.4, -0.2) is 42.5 Å². The van der Waals surface area contributed by atoms with Gasteiger partial charge in [0, 0.05) is 37.6 Å². The normalized spacial score (nSPS) is 17.6. The van der Waals surface area contributed by atoms with Crippen LogP contribution in [0, 0.1) is 0 Å². The zero-order valence-electron chi connectivity index (χ0n) is 12.0. The standard InChI is InChI=1S/C16H22N2S2/c1-2-4-17-5-7-18(8-6-17)11-16-10-15(13-20-16)14-3-9-19-12-14/h3,9-10,12-13H,2,4-8,11H2,1H3. The lowest BCUT2D eigenvalue weighted by Gasteiger charge is -2.34. The first-order valence-electron chi connectivity index (χ1n) is 7.40. The van der Waals surface area contributed by atoms with Crippen molar-refractivity contribution >= 4 is 22.7 Å². The van der Waals surface area contributed by atoms with Gasteiger partial charge in [-0.05, 0) is 52.4 Å². The highest BCUT2D eigenvalue weighted by atomic mass is 32.1. The lowest BCUT2D eigenvalue weighted by atomic mass is 10.2. The highest BCUT2D eigenvalue weighted by Gasteiger charge is 2.16. The second-order valence-corrected chi connectivity index (χ2v) is 7.21.